The number of rotatable bonds is 2. The van der Waals surface area contributed by atoms with Crippen LogP contribution in [-0.2, 0) is 16.1 Å². The van der Waals surface area contributed by atoms with Gasteiger partial charge < -0.3 is 15.0 Å². The van der Waals surface area contributed by atoms with Crippen molar-refractivity contribution in [3.05, 3.63) is 72.8 Å². The molecule has 2 amide bonds. The zero-order valence-corrected chi connectivity index (χ0v) is 16.6. The van der Waals surface area contributed by atoms with E-state index in [1.807, 2.05) is 60.7 Å². The number of carbonyl (C=O) groups excluding carboxylic acids is 2. The SMILES string of the molecule is CN1C(=O)[C@@H](NC(=O)C2CCn3ncnc32)COc2ccccc21.c1ccccc1. The quantitative estimate of drug-likeness (QED) is 0.704. The Kier molecular flexibility index (Phi) is 5.74. The Labute approximate surface area is 174 Å². The van der Waals surface area contributed by atoms with E-state index in [0.717, 1.165) is 0 Å². The van der Waals surface area contributed by atoms with Crippen molar-refractivity contribution in [2.45, 2.75) is 24.9 Å². The minimum absolute atomic E-state index is 0.103. The topological polar surface area (TPSA) is 89.4 Å². The molecule has 154 valence electrons. The standard InChI is InChI=1S/C16H17N5O3.C6H6/c1-20-12-4-2-3-5-13(12)24-8-11(16(20)23)19-15(22)10-6-7-21-14(10)17-9-18-21;1-2-4-6-5-3-1/h2-5,9-11H,6-8H2,1H3,(H,19,22);1-6H/t10?,11-;/m0./s1. The maximum atomic E-state index is 12.7. The Morgan fingerprint density at radius 1 is 1.10 bits per heavy atom. The molecule has 3 heterocycles. The van der Waals surface area contributed by atoms with E-state index in [1.165, 1.54) is 11.2 Å². The van der Waals surface area contributed by atoms with E-state index in [2.05, 4.69) is 15.4 Å². The minimum Gasteiger partial charge on any atom is -0.489 e. The summed E-state index contributed by atoms with van der Waals surface area (Å²) >= 11 is 0. The smallest absolute Gasteiger partial charge is 0.252 e. The van der Waals surface area contributed by atoms with E-state index in [-0.39, 0.29) is 24.3 Å². The Morgan fingerprint density at radius 2 is 1.80 bits per heavy atom. The molecule has 3 aromatic rings. The Hall–Kier alpha value is -3.68. The number of amides is 2. The number of ether oxygens (including phenoxy) is 1. The molecule has 2 atom stereocenters. The van der Waals surface area contributed by atoms with E-state index in [4.69, 9.17) is 4.74 Å². The lowest BCUT2D eigenvalue weighted by atomic mass is 10.1. The predicted octanol–water partition coefficient (Wildman–Crippen LogP) is 1.99. The van der Waals surface area contributed by atoms with E-state index in [9.17, 15) is 9.59 Å². The van der Waals surface area contributed by atoms with Crippen molar-refractivity contribution in [2.75, 3.05) is 18.6 Å². The van der Waals surface area contributed by atoms with Gasteiger partial charge in [-0.3, -0.25) is 9.59 Å². The first-order chi connectivity index (χ1) is 14.6. The molecule has 0 radical (unpaired) electrons. The summed E-state index contributed by atoms with van der Waals surface area (Å²) in [4.78, 5) is 30.9. The number of aryl methyl sites for hydroxylation is 1. The molecule has 1 aromatic heterocycles. The van der Waals surface area contributed by atoms with Gasteiger partial charge in [-0.05, 0) is 18.6 Å². The van der Waals surface area contributed by atoms with Crippen molar-refractivity contribution >= 4 is 17.5 Å². The molecular formula is C22H23N5O3. The number of hydrogen-bond donors (Lipinski definition) is 1. The van der Waals surface area contributed by atoms with Gasteiger partial charge in [0.25, 0.3) is 5.91 Å². The molecule has 0 saturated heterocycles. The third-order valence-corrected chi connectivity index (χ3v) is 5.15. The molecule has 8 heteroatoms. The summed E-state index contributed by atoms with van der Waals surface area (Å²) in [5.74, 6) is 0.476. The summed E-state index contributed by atoms with van der Waals surface area (Å²) in [7, 11) is 1.68. The summed E-state index contributed by atoms with van der Waals surface area (Å²) in [6.45, 7) is 0.763. The van der Waals surface area contributed by atoms with Crippen molar-refractivity contribution in [1.29, 1.82) is 0 Å². The minimum atomic E-state index is -0.730. The second kappa shape index (κ2) is 8.77. The van der Waals surface area contributed by atoms with Crippen LogP contribution in [0, 0.1) is 0 Å². The molecule has 1 unspecified atom stereocenters. The molecule has 8 nitrogen and oxygen atoms in total. The Balaban J connectivity index is 0.000000313. The fraction of sp³-hybridized carbons (Fsp3) is 0.273. The number of fused-ring (bicyclic) bond motifs is 2. The maximum Gasteiger partial charge on any atom is 0.252 e. The van der Waals surface area contributed by atoms with Gasteiger partial charge in [-0.1, -0.05) is 48.5 Å². The summed E-state index contributed by atoms with van der Waals surface area (Å²) in [6, 6.07) is 18.6. The highest BCUT2D eigenvalue weighted by Gasteiger charge is 2.36. The second-order valence-electron chi connectivity index (χ2n) is 7.07. The average Bonchev–Trinajstić information content (AvgIpc) is 3.39. The molecule has 0 bridgehead atoms. The molecule has 0 fully saturated rings. The first-order valence-corrected chi connectivity index (χ1v) is 9.82. The summed E-state index contributed by atoms with van der Waals surface area (Å²) < 4.78 is 7.43. The molecule has 0 saturated carbocycles. The zero-order valence-electron chi connectivity index (χ0n) is 16.6. The molecule has 30 heavy (non-hydrogen) atoms. The molecular weight excluding hydrogens is 382 g/mol. The van der Waals surface area contributed by atoms with Crippen LogP contribution in [0.2, 0.25) is 0 Å². The molecule has 1 N–H and O–H groups in total. The number of carbonyl (C=O) groups is 2. The number of hydrogen-bond acceptors (Lipinski definition) is 5. The monoisotopic (exact) mass is 405 g/mol. The Morgan fingerprint density at radius 3 is 2.53 bits per heavy atom. The first-order valence-electron chi connectivity index (χ1n) is 9.82. The van der Waals surface area contributed by atoms with Gasteiger partial charge in [0.15, 0.2) is 0 Å². The van der Waals surface area contributed by atoms with Crippen molar-refractivity contribution in [3.8, 4) is 5.75 Å². The van der Waals surface area contributed by atoms with Gasteiger partial charge in [0.2, 0.25) is 5.91 Å². The number of nitrogens with one attached hydrogen (secondary N) is 1. The maximum absolute atomic E-state index is 12.7. The van der Waals surface area contributed by atoms with Crippen LogP contribution < -0.4 is 15.0 Å². The molecule has 5 rings (SSSR count). The zero-order chi connectivity index (χ0) is 20.9. The molecule has 0 spiro atoms. The highest BCUT2D eigenvalue weighted by atomic mass is 16.5. The van der Waals surface area contributed by atoms with Crippen molar-refractivity contribution in [3.63, 3.8) is 0 Å². The van der Waals surface area contributed by atoms with Crippen molar-refractivity contribution in [2.24, 2.45) is 0 Å². The van der Waals surface area contributed by atoms with E-state index in [1.54, 1.807) is 11.7 Å². The number of aromatic nitrogens is 3. The van der Waals surface area contributed by atoms with E-state index >= 15 is 0 Å². The Bertz CT molecular complexity index is 994. The van der Waals surface area contributed by atoms with Crippen LogP contribution in [0.5, 0.6) is 5.75 Å². The fourth-order valence-corrected chi connectivity index (χ4v) is 3.56. The highest BCUT2D eigenvalue weighted by Crippen LogP contribution is 2.30. The summed E-state index contributed by atoms with van der Waals surface area (Å²) in [5, 5.41) is 6.88. The third-order valence-electron chi connectivity index (χ3n) is 5.15. The lowest BCUT2D eigenvalue weighted by molar-refractivity contribution is -0.128. The van der Waals surface area contributed by atoms with Crippen LogP contribution >= 0.6 is 0 Å². The summed E-state index contributed by atoms with van der Waals surface area (Å²) in [5.41, 5.74) is 0.694. The predicted molar refractivity (Wildman–Crippen MR) is 111 cm³/mol. The molecule has 0 aliphatic carbocycles. The molecule has 2 aliphatic rings. The van der Waals surface area contributed by atoms with Crippen LogP contribution in [0.3, 0.4) is 0 Å². The van der Waals surface area contributed by atoms with Gasteiger partial charge in [-0.25, -0.2) is 9.67 Å². The normalized spacial score (nSPS) is 19.5. The van der Waals surface area contributed by atoms with Gasteiger partial charge in [-0.15, -0.1) is 0 Å². The highest BCUT2D eigenvalue weighted by molar-refractivity contribution is 6.01. The average molecular weight is 405 g/mol. The lowest BCUT2D eigenvalue weighted by Crippen LogP contribution is -2.50. The van der Waals surface area contributed by atoms with Crippen LogP contribution in [0.1, 0.15) is 18.2 Å². The van der Waals surface area contributed by atoms with Crippen molar-refractivity contribution in [1.82, 2.24) is 20.1 Å². The van der Waals surface area contributed by atoms with Crippen LogP contribution in [-0.4, -0.2) is 46.3 Å². The number of para-hydroxylation sites is 2. The number of anilines is 1. The van der Waals surface area contributed by atoms with Gasteiger partial charge in [0.1, 0.15) is 30.5 Å². The van der Waals surface area contributed by atoms with Crippen LogP contribution in [0.4, 0.5) is 5.69 Å². The number of benzene rings is 2. The fourth-order valence-electron chi connectivity index (χ4n) is 3.56. The van der Waals surface area contributed by atoms with Gasteiger partial charge >= 0.3 is 0 Å². The van der Waals surface area contributed by atoms with Gasteiger partial charge in [0, 0.05) is 13.6 Å². The molecule has 2 aliphatic heterocycles. The van der Waals surface area contributed by atoms with Crippen LogP contribution in [0.15, 0.2) is 67.0 Å². The summed E-state index contributed by atoms with van der Waals surface area (Å²) in [6.07, 6.45) is 2.08. The number of likely N-dealkylation sites (N-methyl/N-ethyl adjacent to an activating group) is 1. The van der Waals surface area contributed by atoms with Gasteiger partial charge in [0.05, 0.1) is 11.6 Å². The lowest BCUT2D eigenvalue weighted by Gasteiger charge is -2.21. The van der Waals surface area contributed by atoms with E-state index < -0.39 is 6.04 Å². The van der Waals surface area contributed by atoms with Crippen molar-refractivity contribution < 1.29 is 14.3 Å². The number of nitrogens with zero attached hydrogens (tertiary/aromatic N) is 4. The molecule has 2 aromatic carbocycles. The third kappa shape index (κ3) is 4.03. The van der Waals surface area contributed by atoms with Gasteiger partial charge in [-0.2, -0.15) is 5.10 Å². The first kappa shape index (κ1) is 19.6. The second-order valence-corrected chi connectivity index (χ2v) is 7.07. The van der Waals surface area contributed by atoms with E-state index in [0.29, 0.717) is 30.2 Å². The van der Waals surface area contributed by atoms with Crippen LogP contribution in [0.25, 0.3) is 0 Å². The largest absolute Gasteiger partial charge is 0.489 e.